The predicted molar refractivity (Wildman–Crippen MR) is 53.2 cm³/mol. The van der Waals surface area contributed by atoms with Crippen LogP contribution in [0.25, 0.3) is 0 Å². The van der Waals surface area contributed by atoms with Crippen LogP contribution >= 0.6 is 11.8 Å². The predicted octanol–water partition coefficient (Wildman–Crippen LogP) is 1.96. The lowest BCUT2D eigenvalue weighted by Crippen LogP contribution is -2.23. The summed E-state index contributed by atoms with van der Waals surface area (Å²) >= 11 is 1.47. The van der Waals surface area contributed by atoms with Gasteiger partial charge in [-0.1, -0.05) is 23.9 Å². The number of rotatable bonds is 4. The first kappa shape index (κ1) is 10.3. The quantitative estimate of drug-likeness (QED) is 0.397. The lowest BCUT2D eigenvalue weighted by molar-refractivity contribution is 0.573. The normalized spacial score (nSPS) is 8.82. The Balaban J connectivity index is 3.62. The van der Waals surface area contributed by atoms with Crippen molar-refractivity contribution < 1.29 is 0 Å². The van der Waals surface area contributed by atoms with Crippen LogP contribution in [0.3, 0.4) is 0 Å². The Morgan fingerprint density at radius 1 is 1.55 bits per heavy atom. The number of likely N-dealkylation sites (N-methyl/N-ethyl adjacent to an activating group) is 1. The van der Waals surface area contributed by atoms with Crippen molar-refractivity contribution in [2.24, 2.45) is 0 Å². The summed E-state index contributed by atoms with van der Waals surface area (Å²) in [6.45, 7) is 7.90. The molecule has 0 unspecified atom stereocenters. The Morgan fingerprint density at radius 2 is 2.18 bits per heavy atom. The van der Waals surface area contributed by atoms with Gasteiger partial charge in [-0.2, -0.15) is 0 Å². The molecule has 3 heteroatoms. The van der Waals surface area contributed by atoms with E-state index in [1.165, 1.54) is 11.8 Å². The van der Waals surface area contributed by atoms with E-state index in [0.29, 0.717) is 5.17 Å². The third kappa shape index (κ3) is 4.67. The number of thioether (sulfide) groups is 1. The second kappa shape index (κ2) is 6.04. The molecule has 0 aliphatic heterocycles. The maximum atomic E-state index is 7.49. The van der Waals surface area contributed by atoms with Gasteiger partial charge >= 0.3 is 0 Å². The zero-order valence-electron chi connectivity index (χ0n) is 6.84. The molecule has 0 spiro atoms. The van der Waals surface area contributed by atoms with E-state index in [-0.39, 0.29) is 0 Å². The molecular weight excluding hydrogens is 156 g/mol. The molecular formula is C8H14N2S. The molecule has 0 saturated carbocycles. The van der Waals surface area contributed by atoms with Crippen LogP contribution in [0.1, 0.15) is 0 Å². The molecule has 0 heterocycles. The average molecular weight is 170 g/mol. The lowest BCUT2D eigenvalue weighted by atomic mass is 10.6. The fraction of sp³-hybridized carbons (Fsp3) is 0.375. The smallest absolute Gasteiger partial charge is 0.156 e. The summed E-state index contributed by atoms with van der Waals surface area (Å²) < 4.78 is 0. The maximum absolute atomic E-state index is 7.49. The van der Waals surface area contributed by atoms with E-state index in [0.717, 1.165) is 12.3 Å². The van der Waals surface area contributed by atoms with Crippen LogP contribution in [-0.2, 0) is 0 Å². The SMILES string of the molecule is C=CCSC(=N)N(C)CC=C. The molecule has 0 fully saturated rings. The van der Waals surface area contributed by atoms with Crippen molar-refractivity contribution in [2.75, 3.05) is 19.3 Å². The second-order valence-corrected chi connectivity index (χ2v) is 3.08. The third-order valence-corrected chi connectivity index (χ3v) is 2.08. The molecule has 0 rings (SSSR count). The Kier molecular flexibility index (Phi) is 5.65. The molecule has 1 N–H and O–H groups in total. The van der Waals surface area contributed by atoms with Gasteiger partial charge in [-0.05, 0) is 0 Å². The number of hydrogen-bond acceptors (Lipinski definition) is 2. The fourth-order valence-electron chi connectivity index (χ4n) is 0.525. The zero-order valence-corrected chi connectivity index (χ0v) is 7.66. The highest BCUT2D eigenvalue weighted by Crippen LogP contribution is 2.04. The van der Waals surface area contributed by atoms with E-state index >= 15 is 0 Å². The third-order valence-electron chi connectivity index (χ3n) is 1.09. The van der Waals surface area contributed by atoms with E-state index < -0.39 is 0 Å². The van der Waals surface area contributed by atoms with Gasteiger partial charge in [0.25, 0.3) is 0 Å². The van der Waals surface area contributed by atoms with E-state index in [1.807, 2.05) is 11.9 Å². The van der Waals surface area contributed by atoms with Gasteiger partial charge in [-0.3, -0.25) is 5.41 Å². The van der Waals surface area contributed by atoms with Gasteiger partial charge in [0, 0.05) is 19.3 Å². The van der Waals surface area contributed by atoms with Gasteiger partial charge in [0.1, 0.15) is 0 Å². The highest BCUT2D eigenvalue weighted by Gasteiger charge is 2.00. The summed E-state index contributed by atoms with van der Waals surface area (Å²) in [6.07, 6.45) is 3.57. The van der Waals surface area contributed by atoms with Crippen LogP contribution in [0.4, 0.5) is 0 Å². The average Bonchev–Trinajstić information content (AvgIpc) is 2.00. The van der Waals surface area contributed by atoms with Crippen LogP contribution in [0.5, 0.6) is 0 Å². The summed E-state index contributed by atoms with van der Waals surface area (Å²) in [5, 5.41) is 8.05. The maximum Gasteiger partial charge on any atom is 0.156 e. The molecule has 0 aliphatic rings. The van der Waals surface area contributed by atoms with Gasteiger partial charge < -0.3 is 4.90 Å². The lowest BCUT2D eigenvalue weighted by Gasteiger charge is -2.15. The van der Waals surface area contributed by atoms with Crippen molar-refractivity contribution in [3.8, 4) is 0 Å². The number of amidine groups is 1. The Hall–Kier alpha value is -0.700. The summed E-state index contributed by atoms with van der Waals surface area (Å²) in [7, 11) is 1.88. The van der Waals surface area contributed by atoms with Crippen molar-refractivity contribution in [3.05, 3.63) is 25.3 Å². The van der Waals surface area contributed by atoms with Crippen molar-refractivity contribution in [1.29, 1.82) is 5.41 Å². The molecule has 2 nitrogen and oxygen atoms in total. The van der Waals surface area contributed by atoms with Gasteiger partial charge in [-0.15, -0.1) is 13.2 Å². The second-order valence-electron chi connectivity index (χ2n) is 2.07. The largest absolute Gasteiger partial charge is 0.351 e. The van der Waals surface area contributed by atoms with Crippen molar-refractivity contribution in [2.45, 2.75) is 0 Å². The minimum atomic E-state index is 0.560. The first-order valence-electron chi connectivity index (χ1n) is 3.36. The molecule has 0 saturated heterocycles. The fourth-order valence-corrected chi connectivity index (χ4v) is 1.10. The minimum absolute atomic E-state index is 0.560. The van der Waals surface area contributed by atoms with Crippen molar-refractivity contribution >= 4 is 16.9 Å². The van der Waals surface area contributed by atoms with Crippen LogP contribution < -0.4 is 0 Å². The first-order chi connectivity index (χ1) is 5.22. The Morgan fingerprint density at radius 3 is 2.64 bits per heavy atom. The highest BCUT2D eigenvalue weighted by molar-refractivity contribution is 8.13. The molecule has 0 atom stereocenters. The monoisotopic (exact) mass is 170 g/mol. The summed E-state index contributed by atoms with van der Waals surface area (Å²) in [4.78, 5) is 1.83. The molecule has 0 aromatic carbocycles. The van der Waals surface area contributed by atoms with E-state index in [2.05, 4.69) is 13.2 Å². The topological polar surface area (TPSA) is 27.1 Å². The molecule has 0 bridgehead atoms. The van der Waals surface area contributed by atoms with E-state index in [9.17, 15) is 0 Å². The Labute approximate surface area is 72.5 Å². The number of nitrogens with one attached hydrogen (secondary N) is 1. The van der Waals surface area contributed by atoms with E-state index in [4.69, 9.17) is 5.41 Å². The molecule has 0 amide bonds. The van der Waals surface area contributed by atoms with Crippen LogP contribution in [0.15, 0.2) is 25.3 Å². The zero-order chi connectivity index (χ0) is 8.69. The van der Waals surface area contributed by atoms with Gasteiger partial charge in [0.05, 0.1) is 0 Å². The standard InChI is InChI=1S/C8H14N2S/c1-4-6-10(3)8(9)11-7-5-2/h4-5,9H,1-2,6-7H2,3H3. The summed E-state index contributed by atoms with van der Waals surface area (Å²) in [6, 6.07) is 0. The molecule has 0 radical (unpaired) electrons. The molecule has 11 heavy (non-hydrogen) atoms. The molecule has 0 aliphatic carbocycles. The van der Waals surface area contributed by atoms with Crippen LogP contribution in [-0.4, -0.2) is 29.4 Å². The summed E-state index contributed by atoms with van der Waals surface area (Å²) in [5.41, 5.74) is 0. The van der Waals surface area contributed by atoms with Gasteiger partial charge in [-0.25, -0.2) is 0 Å². The van der Waals surface area contributed by atoms with Gasteiger partial charge in [0.2, 0.25) is 0 Å². The molecule has 0 aromatic heterocycles. The molecule has 62 valence electrons. The number of nitrogens with zero attached hydrogens (tertiary/aromatic N) is 1. The van der Waals surface area contributed by atoms with E-state index in [1.54, 1.807) is 12.2 Å². The molecule has 0 aromatic rings. The Bertz CT molecular complexity index is 154. The minimum Gasteiger partial charge on any atom is -0.351 e. The van der Waals surface area contributed by atoms with Crippen molar-refractivity contribution in [3.63, 3.8) is 0 Å². The van der Waals surface area contributed by atoms with Crippen LogP contribution in [0.2, 0.25) is 0 Å². The van der Waals surface area contributed by atoms with Crippen molar-refractivity contribution in [1.82, 2.24) is 4.90 Å². The number of hydrogen-bond donors (Lipinski definition) is 1. The summed E-state index contributed by atoms with van der Waals surface area (Å²) in [5.74, 6) is 0.792. The van der Waals surface area contributed by atoms with Crippen LogP contribution in [0, 0.1) is 5.41 Å². The van der Waals surface area contributed by atoms with Gasteiger partial charge in [0.15, 0.2) is 5.17 Å². The highest BCUT2D eigenvalue weighted by atomic mass is 32.2. The first-order valence-corrected chi connectivity index (χ1v) is 4.35.